The van der Waals surface area contributed by atoms with Crippen molar-refractivity contribution in [2.24, 2.45) is 0 Å². The summed E-state index contributed by atoms with van der Waals surface area (Å²) in [6.45, 7) is 0. The molecule has 0 bridgehead atoms. The van der Waals surface area contributed by atoms with Crippen molar-refractivity contribution in [2.75, 3.05) is 17.7 Å². The van der Waals surface area contributed by atoms with Crippen molar-refractivity contribution < 1.29 is 23.5 Å². The number of amides is 2. The summed E-state index contributed by atoms with van der Waals surface area (Å²) in [4.78, 5) is 40.4. The SMILES string of the molecule is COC(=O)c1ccc(NC(=O)C2NC3(CCCCC3)[C@@]3(C(=O)Nc4cc(Cl)ccc43)[C@H]2c2cccc(Cl)c2F)cc1. The number of esters is 1. The molecule has 1 unspecified atom stereocenters. The third-order valence-electron chi connectivity index (χ3n) is 8.88. The molecule has 1 aliphatic carbocycles. The first-order chi connectivity index (χ1) is 19.7. The molecule has 1 saturated carbocycles. The largest absolute Gasteiger partial charge is 0.465 e. The van der Waals surface area contributed by atoms with Gasteiger partial charge in [-0.15, -0.1) is 0 Å². The smallest absolute Gasteiger partial charge is 0.337 e. The van der Waals surface area contributed by atoms with Crippen molar-refractivity contribution in [1.82, 2.24) is 5.32 Å². The number of anilines is 2. The second kappa shape index (κ2) is 10.4. The molecule has 6 rings (SSSR count). The number of fused-ring (bicyclic) bond motifs is 3. The monoisotopic (exact) mass is 595 g/mol. The van der Waals surface area contributed by atoms with Crippen LogP contribution in [-0.4, -0.2) is 36.5 Å². The Balaban J connectivity index is 1.52. The van der Waals surface area contributed by atoms with E-state index in [2.05, 4.69) is 16.0 Å². The Hall–Kier alpha value is -3.46. The maximum atomic E-state index is 15.9. The summed E-state index contributed by atoms with van der Waals surface area (Å²) >= 11 is 12.6. The van der Waals surface area contributed by atoms with E-state index in [0.29, 0.717) is 40.4 Å². The maximum Gasteiger partial charge on any atom is 0.337 e. The molecule has 1 saturated heterocycles. The van der Waals surface area contributed by atoms with Gasteiger partial charge in [-0.1, -0.05) is 60.7 Å². The zero-order valence-corrected chi connectivity index (χ0v) is 23.7. The predicted molar refractivity (Wildman–Crippen MR) is 155 cm³/mol. The lowest BCUT2D eigenvalue weighted by molar-refractivity contribution is -0.124. The third-order valence-corrected chi connectivity index (χ3v) is 9.41. The Kier molecular flexibility index (Phi) is 7.04. The van der Waals surface area contributed by atoms with Crippen molar-refractivity contribution >= 4 is 52.4 Å². The first kappa shape index (κ1) is 27.7. The van der Waals surface area contributed by atoms with Gasteiger partial charge in [-0.2, -0.15) is 0 Å². The Bertz CT molecular complexity index is 1560. The molecule has 3 aliphatic rings. The maximum absolute atomic E-state index is 15.9. The Morgan fingerprint density at radius 2 is 1.76 bits per heavy atom. The van der Waals surface area contributed by atoms with E-state index in [1.54, 1.807) is 48.5 Å². The van der Waals surface area contributed by atoms with Gasteiger partial charge in [-0.25, -0.2) is 9.18 Å². The molecule has 2 fully saturated rings. The van der Waals surface area contributed by atoms with Gasteiger partial charge >= 0.3 is 5.97 Å². The molecule has 10 heteroatoms. The Morgan fingerprint density at radius 3 is 2.46 bits per heavy atom. The van der Waals surface area contributed by atoms with E-state index in [0.717, 1.165) is 19.3 Å². The van der Waals surface area contributed by atoms with Crippen LogP contribution >= 0.6 is 23.2 Å². The highest BCUT2D eigenvalue weighted by Gasteiger charge is 2.72. The normalized spacial score (nSPS) is 24.2. The molecule has 0 aromatic heterocycles. The molecule has 3 aromatic rings. The van der Waals surface area contributed by atoms with E-state index >= 15 is 4.39 Å². The summed E-state index contributed by atoms with van der Waals surface area (Å²) < 4.78 is 20.7. The standard InChI is InChI=1S/C31H28Cl2FN3O4/c1-41-28(39)17-8-11-19(12-9-17)35-27(38)26-24(20-6-5-7-22(33)25(20)34)31(30(37-26)14-3-2-4-15-30)21-13-10-18(32)16-23(21)36-29(31)40/h5-13,16,24,26,37H,2-4,14-15H2,1H3,(H,35,38)(H,36,40)/t24-,26?,31+/m0/s1. The molecule has 3 atom stereocenters. The second-order valence-corrected chi connectivity index (χ2v) is 11.7. The van der Waals surface area contributed by atoms with Gasteiger partial charge in [0.15, 0.2) is 0 Å². The average Bonchev–Trinajstić information content (AvgIpc) is 3.42. The fourth-order valence-electron chi connectivity index (χ4n) is 7.25. The first-order valence-corrected chi connectivity index (χ1v) is 14.3. The lowest BCUT2D eigenvalue weighted by atomic mass is 9.55. The molecule has 2 spiro atoms. The number of ether oxygens (including phenoxy) is 1. The molecule has 2 heterocycles. The van der Waals surface area contributed by atoms with Crippen LogP contribution in [0.25, 0.3) is 0 Å². The van der Waals surface area contributed by atoms with Gasteiger partial charge in [-0.3, -0.25) is 14.9 Å². The van der Waals surface area contributed by atoms with E-state index in [-0.39, 0.29) is 16.5 Å². The highest BCUT2D eigenvalue weighted by molar-refractivity contribution is 6.31. The number of rotatable bonds is 4. The minimum absolute atomic E-state index is 0.0884. The number of halogens is 3. The van der Waals surface area contributed by atoms with Crippen molar-refractivity contribution in [3.8, 4) is 0 Å². The number of methoxy groups -OCH3 is 1. The van der Waals surface area contributed by atoms with Crippen molar-refractivity contribution in [1.29, 1.82) is 0 Å². The molecule has 3 aromatic carbocycles. The predicted octanol–water partition coefficient (Wildman–Crippen LogP) is 6.21. The lowest BCUT2D eigenvalue weighted by Gasteiger charge is -2.47. The van der Waals surface area contributed by atoms with Gasteiger partial charge in [0.05, 0.1) is 23.7 Å². The third kappa shape index (κ3) is 4.23. The van der Waals surface area contributed by atoms with Gasteiger partial charge in [-0.05, 0) is 66.4 Å². The lowest BCUT2D eigenvalue weighted by Crippen LogP contribution is -2.60. The summed E-state index contributed by atoms with van der Waals surface area (Å²) in [5.74, 6) is -2.83. The first-order valence-electron chi connectivity index (χ1n) is 13.5. The number of nitrogens with one attached hydrogen (secondary N) is 3. The van der Waals surface area contributed by atoms with Gasteiger partial charge in [0, 0.05) is 27.9 Å². The van der Waals surface area contributed by atoms with E-state index in [4.69, 9.17) is 27.9 Å². The zero-order valence-electron chi connectivity index (χ0n) is 22.2. The van der Waals surface area contributed by atoms with Crippen LogP contribution in [0.1, 0.15) is 59.5 Å². The van der Waals surface area contributed by atoms with Crippen LogP contribution in [0, 0.1) is 5.82 Å². The van der Waals surface area contributed by atoms with Gasteiger partial charge in [0.25, 0.3) is 0 Å². The summed E-state index contributed by atoms with van der Waals surface area (Å²) in [6, 6.07) is 15.2. The minimum Gasteiger partial charge on any atom is -0.465 e. The Morgan fingerprint density at radius 1 is 1.02 bits per heavy atom. The van der Waals surface area contributed by atoms with E-state index in [9.17, 15) is 14.4 Å². The quantitative estimate of drug-likeness (QED) is 0.312. The number of benzene rings is 3. The highest BCUT2D eigenvalue weighted by atomic mass is 35.5. The molecule has 0 radical (unpaired) electrons. The summed E-state index contributed by atoms with van der Waals surface area (Å²) in [7, 11) is 1.29. The summed E-state index contributed by atoms with van der Waals surface area (Å²) in [5, 5.41) is 9.89. The fraction of sp³-hybridized carbons (Fsp3) is 0.323. The van der Waals surface area contributed by atoms with Crippen LogP contribution < -0.4 is 16.0 Å². The molecular weight excluding hydrogens is 568 g/mol. The van der Waals surface area contributed by atoms with Crippen molar-refractivity contribution in [3.05, 3.63) is 93.2 Å². The average molecular weight is 596 g/mol. The molecule has 41 heavy (non-hydrogen) atoms. The van der Waals surface area contributed by atoms with Crippen LogP contribution in [0.15, 0.2) is 60.7 Å². The van der Waals surface area contributed by atoms with E-state index in [1.165, 1.54) is 13.2 Å². The summed E-state index contributed by atoms with van der Waals surface area (Å²) in [6.07, 6.45) is 3.93. The molecular formula is C31H28Cl2FN3O4. The number of hydrogen-bond acceptors (Lipinski definition) is 5. The molecule has 2 amide bonds. The van der Waals surface area contributed by atoms with E-state index in [1.807, 2.05) is 6.07 Å². The van der Waals surface area contributed by atoms with Gasteiger partial charge in [0.1, 0.15) is 11.2 Å². The molecule has 3 N–H and O–H groups in total. The van der Waals surface area contributed by atoms with Crippen LogP contribution in [0.2, 0.25) is 10.0 Å². The van der Waals surface area contributed by atoms with Crippen LogP contribution in [0.5, 0.6) is 0 Å². The topological polar surface area (TPSA) is 96.5 Å². The number of carbonyl (C=O) groups excluding carboxylic acids is 3. The van der Waals surface area contributed by atoms with Crippen LogP contribution in [-0.2, 0) is 19.7 Å². The van der Waals surface area contributed by atoms with E-state index < -0.39 is 40.6 Å². The Labute approximate surface area is 246 Å². The molecule has 2 aliphatic heterocycles. The number of hydrogen-bond donors (Lipinski definition) is 3. The number of carbonyl (C=O) groups is 3. The van der Waals surface area contributed by atoms with Crippen molar-refractivity contribution in [2.45, 2.75) is 55.0 Å². The van der Waals surface area contributed by atoms with Crippen LogP contribution in [0.3, 0.4) is 0 Å². The zero-order chi connectivity index (χ0) is 28.9. The highest BCUT2D eigenvalue weighted by Crippen LogP contribution is 2.62. The molecule has 7 nitrogen and oxygen atoms in total. The van der Waals surface area contributed by atoms with Gasteiger partial charge < -0.3 is 15.4 Å². The summed E-state index contributed by atoms with van der Waals surface area (Å²) in [5.41, 5.74) is 0.0641. The van der Waals surface area contributed by atoms with Crippen LogP contribution in [0.4, 0.5) is 15.8 Å². The van der Waals surface area contributed by atoms with Gasteiger partial charge in [0.2, 0.25) is 11.8 Å². The fourth-order valence-corrected chi connectivity index (χ4v) is 7.60. The van der Waals surface area contributed by atoms with Crippen molar-refractivity contribution in [3.63, 3.8) is 0 Å². The molecule has 212 valence electrons. The minimum atomic E-state index is -1.31. The second-order valence-electron chi connectivity index (χ2n) is 10.9.